The molecule has 0 aliphatic heterocycles. The van der Waals surface area contributed by atoms with Gasteiger partial charge in [-0.05, 0) is 83.6 Å². The van der Waals surface area contributed by atoms with Crippen molar-refractivity contribution in [2.75, 3.05) is 0 Å². The molecule has 0 radical (unpaired) electrons. The summed E-state index contributed by atoms with van der Waals surface area (Å²) in [6.45, 7) is 2.00. The smallest absolute Gasteiger partial charge is 0.429 e. The third kappa shape index (κ3) is 7.60. The van der Waals surface area contributed by atoms with E-state index in [0.29, 0.717) is 60.9 Å². The van der Waals surface area contributed by atoms with E-state index in [4.69, 9.17) is 11.6 Å². The predicted molar refractivity (Wildman–Crippen MR) is 166 cm³/mol. The Kier molecular flexibility index (Phi) is 10.8. The van der Waals surface area contributed by atoms with Gasteiger partial charge in [0.25, 0.3) is 0 Å². The van der Waals surface area contributed by atoms with E-state index in [1.807, 2.05) is 6.92 Å². The summed E-state index contributed by atoms with van der Waals surface area (Å²) in [4.78, 5) is 0. The van der Waals surface area contributed by atoms with Crippen LogP contribution in [0.5, 0.6) is 5.75 Å². The van der Waals surface area contributed by atoms with Crippen molar-refractivity contribution in [1.82, 2.24) is 0 Å². The fraction of sp³-hybridized carbons (Fsp3) is 0.189. The molecule has 13 heteroatoms. The minimum atomic E-state index is -4.81. The Morgan fingerprint density at radius 1 is 0.560 bits per heavy atom. The number of ether oxygens (including phenoxy) is 1. The Bertz CT molecular complexity index is 1990. The van der Waals surface area contributed by atoms with Gasteiger partial charge >= 0.3 is 6.11 Å². The van der Waals surface area contributed by atoms with E-state index in [2.05, 4.69) is 4.74 Å². The van der Waals surface area contributed by atoms with Crippen molar-refractivity contribution in [2.45, 2.75) is 45.1 Å². The lowest BCUT2D eigenvalue weighted by Gasteiger charge is -2.21. The van der Waals surface area contributed by atoms with Gasteiger partial charge < -0.3 is 4.74 Å². The van der Waals surface area contributed by atoms with E-state index >= 15 is 22.0 Å². The van der Waals surface area contributed by atoms with Gasteiger partial charge in [0.15, 0.2) is 17.5 Å². The highest BCUT2D eigenvalue weighted by molar-refractivity contribution is 6.33. The van der Waals surface area contributed by atoms with Crippen LogP contribution in [-0.2, 0) is 12.5 Å². The lowest BCUT2D eigenvalue weighted by molar-refractivity contribution is -0.189. The van der Waals surface area contributed by atoms with Crippen LogP contribution in [0.2, 0.25) is 5.02 Å². The molecule has 0 heterocycles. The maximum atomic E-state index is 15.2. The second-order valence-corrected chi connectivity index (χ2v) is 11.8. The summed E-state index contributed by atoms with van der Waals surface area (Å²) in [5.74, 6) is -14.6. The summed E-state index contributed by atoms with van der Waals surface area (Å²) in [5, 5.41) is -0.613. The Balaban J connectivity index is 1.40. The van der Waals surface area contributed by atoms with Gasteiger partial charge in [-0.15, -0.1) is 0 Å². The standard InChI is InChI=1S/C37H24ClF11O/c1-2-3-4-5-6-18-9-26(40)34(27(41)10-18)21-14-29(43)35(30(44)15-21)37(48,49)50-22-16-24(38)33(28(42)17-22)19-7-8-23(25(39)11-19)20-12-31(45)36(47)32(46)13-20/h7-17H,2-6H2,1H3. The second kappa shape index (κ2) is 14.7. The average Bonchev–Trinajstić information content (AvgIpc) is 3.00. The minimum absolute atomic E-state index is 0.258. The quantitative estimate of drug-likeness (QED) is 0.0747. The van der Waals surface area contributed by atoms with Gasteiger partial charge in [0.1, 0.15) is 46.2 Å². The molecule has 0 N–H and O–H groups in total. The molecule has 5 aromatic carbocycles. The zero-order valence-electron chi connectivity index (χ0n) is 25.8. The van der Waals surface area contributed by atoms with E-state index in [1.165, 1.54) is 0 Å². The fourth-order valence-corrected chi connectivity index (χ4v) is 5.80. The molecule has 0 saturated carbocycles. The van der Waals surface area contributed by atoms with E-state index in [9.17, 15) is 26.3 Å². The van der Waals surface area contributed by atoms with Crippen LogP contribution in [0.1, 0.15) is 43.7 Å². The molecule has 0 fully saturated rings. The van der Waals surface area contributed by atoms with Crippen LogP contribution in [-0.4, -0.2) is 0 Å². The molecular weight excluding hydrogens is 705 g/mol. The largest absolute Gasteiger partial charge is 0.432 e. The average molecular weight is 729 g/mol. The zero-order chi connectivity index (χ0) is 36.5. The van der Waals surface area contributed by atoms with Crippen LogP contribution in [0.15, 0.2) is 66.7 Å². The molecule has 0 aliphatic rings. The van der Waals surface area contributed by atoms with Gasteiger partial charge in [-0.2, -0.15) is 8.78 Å². The zero-order valence-corrected chi connectivity index (χ0v) is 26.6. The Morgan fingerprint density at radius 2 is 1.12 bits per heavy atom. The van der Waals surface area contributed by atoms with Crippen molar-refractivity contribution in [1.29, 1.82) is 0 Å². The van der Waals surface area contributed by atoms with Gasteiger partial charge in [-0.1, -0.05) is 49.9 Å². The third-order valence-corrected chi connectivity index (χ3v) is 8.16. The molecule has 0 aromatic heterocycles. The maximum absolute atomic E-state index is 15.2. The number of rotatable bonds is 11. The molecule has 5 aromatic rings. The summed E-state index contributed by atoms with van der Waals surface area (Å²) in [6.07, 6.45) is -1.07. The van der Waals surface area contributed by atoms with Crippen molar-refractivity contribution < 1.29 is 53.0 Å². The van der Waals surface area contributed by atoms with Gasteiger partial charge in [0, 0.05) is 17.2 Å². The van der Waals surface area contributed by atoms with Crippen LogP contribution in [0.4, 0.5) is 48.3 Å². The highest BCUT2D eigenvalue weighted by atomic mass is 35.5. The van der Waals surface area contributed by atoms with Gasteiger partial charge in [-0.25, -0.2) is 39.5 Å². The van der Waals surface area contributed by atoms with Crippen LogP contribution >= 0.6 is 11.6 Å². The molecule has 0 amide bonds. The monoisotopic (exact) mass is 728 g/mol. The van der Waals surface area contributed by atoms with E-state index in [0.717, 1.165) is 43.5 Å². The number of benzene rings is 5. The first kappa shape index (κ1) is 36.7. The molecule has 50 heavy (non-hydrogen) atoms. The Labute approximate surface area is 283 Å². The van der Waals surface area contributed by atoms with Crippen molar-refractivity contribution in [2.24, 2.45) is 0 Å². The number of hydrogen-bond acceptors (Lipinski definition) is 1. The molecule has 0 saturated heterocycles. The van der Waals surface area contributed by atoms with Crippen LogP contribution in [0.25, 0.3) is 33.4 Å². The summed E-state index contributed by atoms with van der Waals surface area (Å²) >= 11 is 6.10. The fourth-order valence-electron chi connectivity index (χ4n) is 5.50. The first-order chi connectivity index (χ1) is 23.6. The molecule has 5 rings (SSSR count). The molecule has 0 bridgehead atoms. The van der Waals surface area contributed by atoms with Crippen molar-refractivity contribution in [3.63, 3.8) is 0 Å². The Morgan fingerprint density at radius 3 is 1.68 bits per heavy atom. The van der Waals surface area contributed by atoms with Gasteiger partial charge in [0.2, 0.25) is 0 Å². The number of aryl methyl sites for hydroxylation is 1. The van der Waals surface area contributed by atoms with Crippen molar-refractivity contribution >= 4 is 11.6 Å². The van der Waals surface area contributed by atoms with Crippen LogP contribution in [0.3, 0.4) is 0 Å². The number of unbranched alkanes of at least 4 members (excludes halogenated alkanes) is 3. The minimum Gasteiger partial charge on any atom is -0.429 e. The SMILES string of the molecule is CCCCCCc1cc(F)c(-c2cc(F)c(C(F)(F)Oc3cc(F)c(-c4ccc(-c5cc(F)c(F)c(F)c5)c(F)c4)c(Cl)c3)c(F)c2)c(F)c1. The molecule has 0 aliphatic carbocycles. The number of hydrogen-bond donors (Lipinski definition) is 0. The van der Waals surface area contributed by atoms with E-state index in [-0.39, 0.29) is 11.1 Å². The van der Waals surface area contributed by atoms with E-state index in [1.54, 1.807) is 0 Å². The molecule has 0 spiro atoms. The molecule has 1 nitrogen and oxygen atoms in total. The van der Waals surface area contributed by atoms with Crippen LogP contribution in [0, 0.1) is 52.4 Å². The normalized spacial score (nSPS) is 11.7. The van der Waals surface area contributed by atoms with Crippen LogP contribution < -0.4 is 4.74 Å². The van der Waals surface area contributed by atoms with Crippen molar-refractivity contribution in [3.05, 3.63) is 135 Å². The molecule has 0 unspecified atom stereocenters. The first-order valence-electron chi connectivity index (χ1n) is 15.1. The van der Waals surface area contributed by atoms with E-state index < -0.39 is 97.1 Å². The lowest BCUT2D eigenvalue weighted by Crippen LogP contribution is -2.25. The maximum Gasteiger partial charge on any atom is 0.432 e. The topological polar surface area (TPSA) is 9.23 Å². The Hall–Kier alpha value is -4.58. The summed E-state index contributed by atoms with van der Waals surface area (Å²) in [7, 11) is 0. The lowest BCUT2D eigenvalue weighted by atomic mass is 9.98. The molecule has 262 valence electrons. The first-order valence-corrected chi connectivity index (χ1v) is 15.5. The summed E-state index contributed by atoms with van der Waals surface area (Å²) in [5.41, 5.74) is -4.71. The second-order valence-electron chi connectivity index (χ2n) is 11.4. The molecule has 0 atom stereocenters. The number of alkyl halides is 2. The molecular formula is C37H24ClF11O. The number of halogens is 12. The van der Waals surface area contributed by atoms with Gasteiger partial charge in [-0.3, -0.25) is 0 Å². The summed E-state index contributed by atoms with van der Waals surface area (Å²) < 4.78 is 165. The highest BCUT2D eigenvalue weighted by Crippen LogP contribution is 2.41. The highest BCUT2D eigenvalue weighted by Gasteiger charge is 2.42. The summed E-state index contributed by atoms with van der Waals surface area (Å²) in [6, 6.07) is 7.52. The predicted octanol–water partition coefficient (Wildman–Crippen LogP) is 12.8. The van der Waals surface area contributed by atoms with Gasteiger partial charge in [0.05, 0.1) is 10.6 Å². The van der Waals surface area contributed by atoms with Crippen molar-refractivity contribution in [3.8, 4) is 39.1 Å². The third-order valence-electron chi connectivity index (χ3n) is 7.86.